The summed E-state index contributed by atoms with van der Waals surface area (Å²) in [5.41, 5.74) is 7.11. The van der Waals surface area contributed by atoms with Gasteiger partial charge < -0.3 is 14.4 Å². The van der Waals surface area contributed by atoms with Crippen molar-refractivity contribution in [2.24, 2.45) is 0 Å². The van der Waals surface area contributed by atoms with E-state index in [1.807, 2.05) is 47.6 Å². The molecule has 0 spiro atoms. The fourth-order valence-electron chi connectivity index (χ4n) is 4.95. The number of methoxy groups -OCH3 is 2. The number of rotatable bonds is 6. The lowest BCUT2D eigenvalue weighted by Crippen LogP contribution is -2.48. The highest BCUT2D eigenvalue weighted by Crippen LogP contribution is 2.26. The van der Waals surface area contributed by atoms with E-state index in [0.717, 1.165) is 53.4 Å². The van der Waals surface area contributed by atoms with Crippen LogP contribution in [0, 0.1) is 13.8 Å². The largest absolute Gasteiger partial charge is 0.497 e. The lowest BCUT2D eigenvalue weighted by Gasteiger charge is -2.35. The van der Waals surface area contributed by atoms with Crippen molar-refractivity contribution in [3.63, 3.8) is 0 Å². The van der Waals surface area contributed by atoms with Crippen molar-refractivity contribution in [2.45, 2.75) is 20.4 Å². The highest BCUT2D eigenvalue weighted by Gasteiger charge is 2.23. The van der Waals surface area contributed by atoms with Gasteiger partial charge >= 0.3 is 0 Å². The maximum atomic E-state index is 13.3. The first-order chi connectivity index (χ1) is 17.5. The van der Waals surface area contributed by atoms with Gasteiger partial charge in [-0.1, -0.05) is 17.7 Å². The molecule has 0 bridgehead atoms. The Hall–Kier alpha value is -3.84. The summed E-state index contributed by atoms with van der Waals surface area (Å²) >= 11 is 0. The molecule has 7 heteroatoms. The number of fused-ring (bicyclic) bond motifs is 1. The molecule has 1 amide bonds. The topological polar surface area (TPSA) is 59.8 Å². The van der Waals surface area contributed by atoms with E-state index in [9.17, 15) is 4.79 Å². The highest BCUT2D eigenvalue weighted by molar-refractivity contribution is 5.97. The summed E-state index contributed by atoms with van der Waals surface area (Å²) in [6.45, 7) is 7.92. The Balaban J connectivity index is 1.27. The number of carbonyl (C=O) groups is 1. The lowest BCUT2D eigenvalue weighted by atomic mass is 10.1. The third-order valence-corrected chi connectivity index (χ3v) is 6.95. The first-order valence-electron chi connectivity index (χ1n) is 12.2. The molecular weight excluding hydrogens is 452 g/mol. The number of aryl methyl sites for hydroxylation is 2. The van der Waals surface area contributed by atoms with E-state index in [2.05, 4.69) is 46.5 Å². The zero-order chi connectivity index (χ0) is 25.2. The predicted octanol–water partition coefficient (Wildman–Crippen LogP) is 4.62. The Morgan fingerprint density at radius 3 is 2.44 bits per heavy atom. The van der Waals surface area contributed by atoms with Gasteiger partial charge in [0, 0.05) is 43.9 Å². The van der Waals surface area contributed by atoms with Crippen LogP contribution >= 0.6 is 0 Å². The van der Waals surface area contributed by atoms with E-state index in [0.29, 0.717) is 18.7 Å². The molecule has 186 valence electrons. The molecule has 0 N–H and O–H groups in total. The van der Waals surface area contributed by atoms with Crippen LogP contribution in [0.3, 0.4) is 0 Å². The molecule has 1 saturated heterocycles. The van der Waals surface area contributed by atoms with Crippen LogP contribution in [0.2, 0.25) is 0 Å². The van der Waals surface area contributed by atoms with Crippen molar-refractivity contribution < 1.29 is 14.3 Å². The standard InChI is InChI=1S/C29H32N4O3/c1-20-5-8-26(21(2)15-20)33-19-30-25-17-22(6-9-27(25)33)29(34)32-13-11-31(12-14-32)18-23-16-24(35-3)7-10-28(23)36-4/h5-10,15-17,19H,11-14,18H2,1-4H3. The van der Waals surface area contributed by atoms with Gasteiger partial charge in [0.1, 0.15) is 17.8 Å². The van der Waals surface area contributed by atoms with E-state index < -0.39 is 0 Å². The molecule has 5 rings (SSSR count). The van der Waals surface area contributed by atoms with Crippen molar-refractivity contribution in [1.29, 1.82) is 0 Å². The summed E-state index contributed by atoms with van der Waals surface area (Å²) in [5, 5.41) is 0. The normalized spacial score (nSPS) is 14.3. The molecule has 4 aromatic rings. The number of carbonyl (C=O) groups excluding carboxylic acids is 1. The number of hydrogen-bond acceptors (Lipinski definition) is 5. The minimum atomic E-state index is 0.0524. The smallest absolute Gasteiger partial charge is 0.254 e. The van der Waals surface area contributed by atoms with Crippen LogP contribution in [0.1, 0.15) is 27.0 Å². The Bertz CT molecular complexity index is 1400. The summed E-state index contributed by atoms with van der Waals surface area (Å²) < 4.78 is 13.0. The van der Waals surface area contributed by atoms with Crippen molar-refractivity contribution in [3.8, 4) is 17.2 Å². The maximum absolute atomic E-state index is 13.3. The first kappa shape index (κ1) is 23.9. The second-order valence-electron chi connectivity index (χ2n) is 9.35. The third-order valence-electron chi connectivity index (χ3n) is 6.95. The van der Waals surface area contributed by atoms with Crippen molar-refractivity contribution >= 4 is 16.9 Å². The second-order valence-corrected chi connectivity index (χ2v) is 9.35. The zero-order valence-corrected chi connectivity index (χ0v) is 21.3. The minimum Gasteiger partial charge on any atom is -0.497 e. The fraction of sp³-hybridized carbons (Fsp3) is 0.310. The van der Waals surface area contributed by atoms with Crippen molar-refractivity contribution in [3.05, 3.63) is 83.2 Å². The Kier molecular flexibility index (Phi) is 6.65. The number of benzene rings is 3. The minimum absolute atomic E-state index is 0.0524. The maximum Gasteiger partial charge on any atom is 0.254 e. The van der Waals surface area contributed by atoms with Gasteiger partial charge in [0.05, 0.1) is 30.9 Å². The summed E-state index contributed by atoms with van der Waals surface area (Å²) in [5.74, 6) is 1.72. The fourth-order valence-corrected chi connectivity index (χ4v) is 4.95. The summed E-state index contributed by atoms with van der Waals surface area (Å²) in [6.07, 6.45) is 1.84. The van der Waals surface area contributed by atoms with E-state index in [-0.39, 0.29) is 5.91 Å². The molecule has 36 heavy (non-hydrogen) atoms. The average molecular weight is 485 g/mol. The first-order valence-corrected chi connectivity index (χ1v) is 12.2. The highest BCUT2D eigenvalue weighted by atomic mass is 16.5. The van der Waals surface area contributed by atoms with Crippen LogP contribution in [-0.4, -0.2) is 65.7 Å². The number of hydrogen-bond donors (Lipinski definition) is 0. The molecule has 1 aliphatic rings. The van der Waals surface area contributed by atoms with E-state index >= 15 is 0 Å². The molecule has 0 aliphatic carbocycles. The molecule has 0 saturated carbocycles. The predicted molar refractivity (Wildman–Crippen MR) is 141 cm³/mol. The van der Waals surface area contributed by atoms with Crippen LogP contribution in [0.25, 0.3) is 16.7 Å². The number of amides is 1. The quantitative estimate of drug-likeness (QED) is 0.400. The molecule has 1 aromatic heterocycles. The second kappa shape index (κ2) is 10.0. The van der Waals surface area contributed by atoms with E-state index in [1.165, 1.54) is 11.1 Å². The average Bonchev–Trinajstić information content (AvgIpc) is 3.31. The van der Waals surface area contributed by atoms with Gasteiger partial charge in [-0.05, 0) is 61.9 Å². The number of nitrogens with zero attached hydrogens (tertiary/aromatic N) is 4. The molecule has 0 radical (unpaired) electrons. The van der Waals surface area contributed by atoms with Gasteiger partial charge in [-0.15, -0.1) is 0 Å². The number of piperazine rings is 1. The monoisotopic (exact) mass is 484 g/mol. The van der Waals surface area contributed by atoms with Gasteiger partial charge in [0.25, 0.3) is 5.91 Å². The molecular formula is C29H32N4O3. The molecule has 2 heterocycles. The van der Waals surface area contributed by atoms with Gasteiger partial charge in [0.2, 0.25) is 0 Å². The van der Waals surface area contributed by atoms with Crippen molar-refractivity contribution in [1.82, 2.24) is 19.4 Å². The summed E-state index contributed by atoms with van der Waals surface area (Å²) in [7, 11) is 3.35. The lowest BCUT2D eigenvalue weighted by molar-refractivity contribution is 0.0627. The number of aromatic nitrogens is 2. The van der Waals surface area contributed by atoms with Gasteiger partial charge in [0.15, 0.2) is 0 Å². The summed E-state index contributed by atoms with van der Waals surface area (Å²) in [6, 6.07) is 18.1. The molecule has 0 unspecified atom stereocenters. The molecule has 7 nitrogen and oxygen atoms in total. The Morgan fingerprint density at radius 2 is 1.72 bits per heavy atom. The molecule has 0 atom stereocenters. The number of imidazole rings is 1. The van der Waals surface area contributed by atoms with Gasteiger partial charge in [-0.25, -0.2) is 4.98 Å². The Labute approximate surface area is 211 Å². The van der Waals surface area contributed by atoms with Crippen LogP contribution in [0.4, 0.5) is 0 Å². The van der Waals surface area contributed by atoms with Crippen molar-refractivity contribution in [2.75, 3.05) is 40.4 Å². The zero-order valence-electron chi connectivity index (χ0n) is 21.3. The molecule has 1 aliphatic heterocycles. The third kappa shape index (κ3) is 4.66. The van der Waals surface area contributed by atoms with Crippen LogP contribution in [0.15, 0.2) is 60.9 Å². The molecule has 1 fully saturated rings. The SMILES string of the molecule is COc1ccc(OC)c(CN2CCN(C(=O)c3ccc4c(c3)ncn4-c3ccc(C)cc3C)CC2)c1. The Morgan fingerprint density at radius 1 is 0.917 bits per heavy atom. The van der Waals surface area contributed by atoms with Crippen LogP contribution in [-0.2, 0) is 6.54 Å². The van der Waals surface area contributed by atoms with Crippen LogP contribution in [0.5, 0.6) is 11.5 Å². The van der Waals surface area contributed by atoms with Gasteiger partial charge in [-0.3, -0.25) is 14.3 Å². The number of ether oxygens (including phenoxy) is 2. The van der Waals surface area contributed by atoms with Gasteiger partial charge in [-0.2, -0.15) is 0 Å². The van der Waals surface area contributed by atoms with E-state index in [4.69, 9.17) is 9.47 Å². The van der Waals surface area contributed by atoms with Crippen LogP contribution < -0.4 is 9.47 Å². The summed E-state index contributed by atoms with van der Waals surface area (Å²) in [4.78, 5) is 22.2. The molecule has 3 aromatic carbocycles. The van der Waals surface area contributed by atoms with E-state index in [1.54, 1.807) is 14.2 Å².